The number of nitrogens with one attached hydrogen (secondary N) is 1. The smallest absolute Gasteiger partial charge is 0.270 e. The van der Waals surface area contributed by atoms with Crippen molar-refractivity contribution in [1.82, 2.24) is 5.43 Å². The van der Waals surface area contributed by atoms with Gasteiger partial charge < -0.3 is 0 Å². The monoisotopic (exact) mass is 385 g/mol. The Morgan fingerprint density at radius 3 is 2.21 bits per heavy atom. The molecule has 3 aromatic carbocycles. The van der Waals surface area contributed by atoms with Crippen molar-refractivity contribution in [1.29, 1.82) is 0 Å². The van der Waals surface area contributed by atoms with Crippen molar-refractivity contribution >= 4 is 17.8 Å². The molecule has 0 spiro atoms. The number of hydrogen-bond acceptors (Lipinski definition) is 4. The van der Waals surface area contributed by atoms with Crippen molar-refractivity contribution in [3.8, 4) is 0 Å². The van der Waals surface area contributed by atoms with E-state index in [4.69, 9.17) is 0 Å². The zero-order valence-electron chi connectivity index (χ0n) is 15.6. The summed E-state index contributed by atoms with van der Waals surface area (Å²) in [6.45, 7) is 0. The van der Waals surface area contributed by atoms with Gasteiger partial charge in [-0.3, -0.25) is 14.9 Å². The van der Waals surface area contributed by atoms with E-state index in [0.717, 1.165) is 11.1 Å². The fraction of sp³-hybridized carbons (Fsp3) is 0.130. The van der Waals surface area contributed by atoms with Crippen LogP contribution in [-0.4, -0.2) is 17.0 Å². The first-order valence-electron chi connectivity index (χ1n) is 9.30. The Bertz CT molecular complexity index is 1030. The molecule has 1 atom stereocenters. The van der Waals surface area contributed by atoms with Gasteiger partial charge in [-0.15, -0.1) is 0 Å². The largest absolute Gasteiger partial charge is 0.273 e. The van der Waals surface area contributed by atoms with Gasteiger partial charge in [0.2, 0.25) is 5.91 Å². The summed E-state index contributed by atoms with van der Waals surface area (Å²) in [5.74, 6) is -0.394. The van der Waals surface area contributed by atoms with Gasteiger partial charge in [0.15, 0.2) is 0 Å². The van der Waals surface area contributed by atoms with Crippen LogP contribution in [-0.2, 0) is 10.2 Å². The van der Waals surface area contributed by atoms with E-state index in [-0.39, 0.29) is 22.9 Å². The molecule has 6 heteroatoms. The first-order valence-corrected chi connectivity index (χ1v) is 9.30. The minimum absolute atomic E-state index is 0.0189. The molecule has 0 heterocycles. The molecule has 0 bridgehead atoms. The molecule has 0 aromatic heterocycles. The number of nitrogens with zero attached hydrogens (tertiary/aromatic N) is 2. The Morgan fingerprint density at radius 2 is 1.62 bits per heavy atom. The molecule has 1 saturated carbocycles. The molecule has 1 fully saturated rings. The van der Waals surface area contributed by atoms with Crippen molar-refractivity contribution in [3.05, 3.63) is 112 Å². The van der Waals surface area contributed by atoms with E-state index in [9.17, 15) is 14.9 Å². The average Bonchev–Trinajstić information content (AvgIpc) is 3.52. The number of hydrazone groups is 1. The molecule has 0 aliphatic heterocycles. The highest BCUT2D eigenvalue weighted by Crippen LogP contribution is 2.58. The maximum Gasteiger partial charge on any atom is 0.270 e. The third-order valence-corrected chi connectivity index (χ3v) is 5.32. The number of carbonyl (C=O) groups excluding carboxylic acids is 1. The quantitative estimate of drug-likeness (QED) is 0.395. The molecule has 6 nitrogen and oxygen atoms in total. The maximum atomic E-state index is 12.8. The van der Waals surface area contributed by atoms with Crippen molar-refractivity contribution in [2.24, 2.45) is 11.0 Å². The predicted molar refractivity (Wildman–Crippen MR) is 111 cm³/mol. The molecule has 3 aromatic rings. The number of nitro groups is 1. The number of carbonyl (C=O) groups is 1. The van der Waals surface area contributed by atoms with E-state index >= 15 is 0 Å². The summed E-state index contributed by atoms with van der Waals surface area (Å²) in [7, 11) is 0. The van der Waals surface area contributed by atoms with Gasteiger partial charge in [-0.1, -0.05) is 72.8 Å². The molecule has 0 saturated heterocycles. The molecule has 1 N–H and O–H groups in total. The van der Waals surface area contributed by atoms with Gasteiger partial charge in [0.05, 0.1) is 17.1 Å². The molecular weight excluding hydrogens is 366 g/mol. The minimum Gasteiger partial charge on any atom is -0.273 e. The maximum absolute atomic E-state index is 12.8. The average molecular weight is 385 g/mol. The summed E-state index contributed by atoms with van der Waals surface area (Å²) in [4.78, 5) is 23.2. The topological polar surface area (TPSA) is 84.6 Å². The molecule has 1 amide bonds. The van der Waals surface area contributed by atoms with E-state index in [1.54, 1.807) is 12.1 Å². The van der Waals surface area contributed by atoms with Crippen molar-refractivity contribution in [2.45, 2.75) is 11.8 Å². The number of benzene rings is 3. The second-order valence-corrected chi connectivity index (χ2v) is 7.05. The van der Waals surface area contributed by atoms with Gasteiger partial charge in [0.1, 0.15) is 0 Å². The zero-order chi connectivity index (χ0) is 20.3. The van der Waals surface area contributed by atoms with Crippen LogP contribution in [0.5, 0.6) is 0 Å². The molecule has 29 heavy (non-hydrogen) atoms. The third kappa shape index (κ3) is 3.65. The summed E-state index contributed by atoms with van der Waals surface area (Å²) in [5.41, 5.74) is 4.98. The zero-order valence-corrected chi connectivity index (χ0v) is 15.6. The highest BCUT2D eigenvalue weighted by atomic mass is 16.6. The Morgan fingerprint density at radius 1 is 1.00 bits per heavy atom. The third-order valence-electron chi connectivity index (χ3n) is 5.32. The lowest BCUT2D eigenvalue weighted by atomic mass is 9.85. The van der Waals surface area contributed by atoms with Gasteiger partial charge in [-0.25, -0.2) is 5.43 Å². The lowest BCUT2D eigenvalue weighted by Crippen LogP contribution is -2.25. The van der Waals surface area contributed by atoms with E-state index in [1.807, 2.05) is 60.7 Å². The SMILES string of the molecule is O=C(N/N=C\c1cccc([N+](=O)[O-])c1)[C@@H]1CC1(c1ccccc1)c1ccccc1. The first kappa shape index (κ1) is 18.6. The lowest BCUT2D eigenvalue weighted by Gasteiger charge is -2.18. The molecule has 0 radical (unpaired) electrons. The Kier molecular flexibility index (Phi) is 4.91. The lowest BCUT2D eigenvalue weighted by molar-refractivity contribution is -0.384. The minimum atomic E-state index is -0.464. The van der Waals surface area contributed by atoms with Crippen LogP contribution >= 0.6 is 0 Å². The van der Waals surface area contributed by atoms with Gasteiger partial charge in [0.25, 0.3) is 5.69 Å². The standard InChI is InChI=1S/C23H19N3O3/c27-22(25-24-16-17-8-7-13-20(14-17)26(28)29)21-15-23(21,18-9-3-1-4-10-18)19-11-5-2-6-12-19/h1-14,16,21H,15H2,(H,25,27)/b24-16-/t21-/m0/s1. The van der Waals surface area contributed by atoms with Crippen LogP contribution in [0.1, 0.15) is 23.1 Å². The summed E-state index contributed by atoms with van der Waals surface area (Å²) < 4.78 is 0. The van der Waals surface area contributed by atoms with E-state index in [0.29, 0.717) is 12.0 Å². The number of nitro benzene ring substituents is 1. The van der Waals surface area contributed by atoms with Crippen molar-refractivity contribution < 1.29 is 9.72 Å². The first-order chi connectivity index (χ1) is 14.1. The van der Waals surface area contributed by atoms with Crippen LogP contribution in [0.15, 0.2) is 90.0 Å². The van der Waals surface area contributed by atoms with Crippen LogP contribution < -0.4 is 5.43 Å². The fourth-order valence-electron chi connectivity index (χ4n) is 3.82. The van der Waals surface area contributed by atoms with Crippen molar-refractivity contribution in [3.63, 3.8) is 0 Å². The van der Waals surface area contributed by atoms with Crippen LogP contribution in [0.2, 0.25) is 0 Å². The molecule has 1 aliphatic carbocycles. The molecular formula is C23H19N3O3. The van der Waals surface area contributed by atoms with E-state index in [1.165, 1.54) is 18.3 Å². The van der Waals surface area contributed by atoms with Crippen molar-refractivity contribution in [2.75, 3.05) is 0 Å². The van der Waals surface area contributed by atoms with Crippen LogP contribution in [0.4, 0.5) is 5.69 Å². The van der Waals surface area contributed by atoms with E-state index < -0.39 is 4.92 Å². The Labute approximate surface area is 168 Å². The molecule has 144 valence electrons. The Balaban J connectivity index is 1.52. The predicted octanol–water partition coefficient (Wildman–Crippen LogP) is 4.05. The highest BCUT2D eigenvalue weighted by molar-refractivity contribution is 5.88. The number of hydrogen-bond donors (Lipinski definition) is 1. The number of amides is 1. The number of rotatable bonds is 6. The summed E-state index contributed by atoms with van der Waals surface area (Å²) in [5, 5.41) is 14.9. The Hall–Kier alpha value is -3.80. The molecule has 0 unspecified atom stereocenters. The van der Waals surface area contributed by atoms with Crippen LogP contribution in [0.3, 0.4) is 0 Å². The van der Waals surface area contributed by atoms with Gasteiger partial charge >= 0.3 is 0 Å². The van der Waals surface area contributed by atoms with Crippen LogP contribution in [0, 0.1) is 16.0 Å². The van der Waals surface area contributed by atoms with E-state index in [2.05, 4.69) is 10.5 Å². The fourth-order valence-corrected chi connectivity index (χ4v) is 3.82. The highest BCUT2D eigenvalue weighted by Gasteiger charge is 2.60. The molecule has 4 rings (SSSR count). The number of non-ortho nitro benzene ring substituents is 1. The van der Waals surface area contributed by atoms with Gasteiger partial charge in [-0.05, 0) is 17.5 Å². The summed E-state index contributed by atoms with van der Waals surface area (Å²) >= 11 is 0. The van der Waals surface area contributed by atoms with Crippen LogP contribution in [0.25, 0.3) is 0 Å². The van der Waals surface area contributed by atoms with Gasteiger partial charge in [0, 0.05) is 23.1 Å². The second kappa shape index (κ2) is 7.67. The normalized spacial score (nSPS) is 17.0. The summed E-state index contributed by atoms with van der Waals surface area (Å²) in [6.07, 6.45) is 2.12. The summed E-state index contributed by atoms with van der Waals surface area (Å²) in [6, 6.07) is 26.1. The second-order valence-electron chi connectivity index (χ2n) is 7.05. The molecule has 1 aliphatic rings. The van der Waals surface area contributed by atoms with Gasteiger partial charge in [-0.2, -0.15) is 5.10 Å².